The van der Waals surface area contributed by atoms with Crippen molar-refractivity contribution >= 4 is 23.2 Å². The first-order chi connectivity index (χ1) is 9.56. The van der Waals surface area contributed by atoms with Crippen molar-refractivity contribution in [3.05, 3.63) is 63.1 Å². The van der Waals surface area contributed by atoms with Crippen LogP contribution in [0.25, 0.3) is 0 Å². The molecule has 0 amide bonds. The van der Waals surface area contributed by atoms with Gasteiger partial charge < -0.3 is 10.1 Å². The summed E-state index contributed by atoms with van der Waals surface area (Å²) in [5.41, 5.74) is 3.29. The third-order valence-electron chi connectivity index (χ3n) is 3.25. The molecule has 0 aromatic heterocycles. The zero-order chi connectivity index (χ0) is 14.7. The number of aryl methyl sites for hydroxylation is 1. The molecular formula is C16H17Cl2NO. The molecule has 106 valence electrons. The first-order valence-electron chi connectivity index (χ1n) is 6.33. The summed E-state index contributed by atoms with van der Waals surface area (Å²) < 4.78 is 5.18. The Morgan fingerprint density at radius 2 is 1.85 bits per heavy atom. The van der Waals surface area contributed by atoms with Gasteiger partial charge in [-0.2, -0.15) is 0 Å². The van der Waals surface area contributed by atoms with E-state index in [1.54, 1.807) is 13.2 Å². The van der Waals surface area contributed by atoms with Crippen LogP contribution in [0.5, 0.6) is 5.75 Å². The van der Waals surface area contributed by atoms with Crippen molar-refractivity contribution in [3.63, 3.8) is 0 Å². The maximum atomic E-state index is 6.36. The van der Waals surface area contributed by atoms with Gasteiger partial charge in [0.05, 0.1) is 18.2 Å². The summed E-state index contributed by atoms with van der Waals surface area (Å²) in [6.07, 6.45) is 0. The summed E-state index contributed by atoms with van der Waals surface area (Å²) in [4.78, 5) is 0. The van der Waals surface area contributed by atoms with Crippen LogP contribution in [0.1, 0.15) is 22.7 Å². The minimum atomic E-state index is -0.00851. The fourth-order valence-electron chi connectivity index (χ4n) is 2.27. The monoisotopic (exact) mass is 309 g/mol. The van der Waals surface area contributed by atoms with Gasteiger partial charge in [0.1, 0.15) is 5.75 Å². The lowest BCUT2D eigenvalue weighted by molar-refractivity contribution is 0.415. The molecule has 2 aromatic rings. The van der Waals surface area contributed by atoms with Crippen LogP contribution in [0.15, 0.2) is 36.4 Å². The molecule has 0 aliphatic carbocycles. The summed E-state index contributed by atoms with van der Waals surface area (Å²) in [5, 5.41) is 4.47. The third kappa shape index (κ3) is 3.09. The molecule has 20 heavy (non-hydrogen) atoms. The summed E-state index contributed by atoms with van der Waals surface area (Å²) in [7, 11) is 3.48. The standard InChI is InChI=1S/C16H17Cl2NO/c1-10-5-4-6-11(7-10)16(19-2)12-8-14(18)15(20-3)9-13(12)17/h4-9,16,19H,1-3H3. The second kappa shape index (κ2) is 6.49. The molecule has 1 atom stereocenters. The van der Waals surface area contributed by atoms with Gasteiger partial charge in [0.25, 0.3) is 0 Å². The number of methoxy groups -OCH3 is 1. The van der Waals surface area contributed by atoms with Crippen molar-refractivity contribution in [3.8, 4) is 5.75 Å². The van der Waals surface area contributed by atoms with Crippen molar-refractivity contribution in [1.29, 1.82) is 0 Å². The maximum absolute atomic E-state index is 6.36. The fraction of sp³-hybridized carbons (Fsp3) is 0.250. The van der Waals surface area contributed by atoms with E-state index in [-0.39, 0.29) is 6.04 Å². The SMILES string of the molecule is CNC(c1cccc(C)c1)c1cc(Cl)c(OC)cc1Cl. The average Bonchev–Trinajstić information content (AvgIpc) is 2.43. The first-order valence-corrected chi connectivity index (χ1v) is 7.09. The van der Waals surface area contributed by atoms with Gasteiger partial charge in [-0.15, -0.1) is 0 Å². The molecule has 0 heterocycles. The van der Waals surface area contributed by atoms with Crippen LogP contribution in [0.3, 0.4) is 0 Å². The van der Waals surface area contributed by atoms with E-state index in [9.17, 15) is 0 Å². The van der Waals surface area contributed by atoms with Gasteiger partial charge in [0.2, 0.25) is 0 Å². The molecule has 0 saturated carbocycles. The smallest absolute Gasteiger partial charge is 0.138 e. The Balaban J connectivity index is 2.49. The summed E-state index contributed by atoms with van der Waals surface area (Å²) in [5.74, 6) is 0.583. The minimum Gasteiger partial charge on any atom is -0.495 e. The highest BCUT2D eigenvalue weighted by molar-refractivity contribution is 6.34. The second-order valence-electron chi connectivity index (χ2n) is 4.64. The molecule has 4 heteroatoms. The highest BCUT2D eigenvalue weighted by atomic mass is 35.5. The largest absolute Gasteiger partial charge is 0.495 e. The van der Waals surface area contributed by atoms with Crippen molar-refractivity contribution in [2.45, 2.75) is 13.0 Å². The van der Waals surface area contributed by atoms with Gasteiger partial charge in [-0.25, -0.2) is 0 Å². The Labute approximate surface area is 129 Å². The number of rotatable bonds is 4. The van der Waals surface area contributed by atoms with E-state index in [1.807, 2.05) is 19.2 Å². The Bertz CT molecular complexity index is 613. The zero-order valence-electron chi connectivity index (χ0n) is 11.7. The van der Waals surface area contributed by atoms with E-state index in [1.165, 1.54) is 5.56 Å². The highest BCUT2D eigenvalue weighted by Gasteiger charge is 2.17. The lowest BCUT2D eigenvalue weighted by Gasteiger charge is -2.20. The molecule has 2 rings (SSSR count). The normalized spacial score (nSPS) is 12.2. The molecule has 0 aliphatic heterocycles. The second-order valence-corrected chi connectivity index (χ2v) is 5.46. The molecule has 0 spiro atoms. The van der Waals surface area contributed by atoms with Gasteiger partial charge in [-0.05, 0) is 31.2 Å². The predicted molar refractivity (Wildman–Crippen MR) is 85.1 cm³/mol. The Morgan fingerprint density at radius 3 is 2.45 bits per heavy atom. The summed E-state index contributed by atoms with van der Waals surface area (Å²) >= 11 is 12.6. The average molecular weight is 310 g/mol. The lowest BCUT2D eigenvalue weighted by Crippen LogP contribution is -2.18. The maximum Gasteiger partial charge on any atom is 0.138 e. The van der Waals surface area contributed by atoms with Gasteiger partial charge in [0, 0.05) is 11.1 Å². The van der Waals surface area contributed by atoms with Crippen molar-refractivity contribution < 1.29 is 4.74 Å². The number of benzene rings is 2. The van der Waals surface area contributed by atoms with Crippen molar-refractivity contribution in [2.24, 2.45) is 0 Å². The van der Waals surface area contributed by atoms with E-state index in [2.05, 4.69) is 30.4 Å². The van der Waals surface area contributed by atoms with E-state index < -0.39 is 0 Å². The van der Waals surface area contributed by atoms with Crippen LogP contribution >= 0.6 is 23.2 Å². The lowest BCUT2D eigenvalue weighted by atomic mass is 9.97. The number of ether oxygens (including phenoxy) is 1. The number of nitrogens with one attached hydrogen (secondary N) is 1. The van der Waals surface area contributed by atoms with E-state index >= 15 is 0 Å². The molecule has 0 bridgehead atoms. The molecule has 0 fully saturated rings. The molecular weight excluding hydrogens is 293 g/mol. The van der Waals surface area contributed by atoms with E-state index in [0.29, 0.717) is 15.8 Å². The zero-order valence-corrected chi connectivity index (χ0v) is 13.2. The van der Waals surface area contributed by atoms with E-state index in [0.717, 1.165) is 11.1 Å². The van der Waals surface area contributed by atoms with Gasteiger partial charge in [-0.1, -0.05) is 53.0 Å². The first kappa shape index (κ1) is 15.2. The minimum absolute atomic E-state index is 0.00851. The van der Waals surface area contributed by atoms with Gasteiger partial charge in [-0.3, -0.25) is 0 Å². The number of hydrogen-bond donors (Lipinski definition) is 1. The molecule has 0 saturated heterocycles. The van der Waals surface area contributed by atoms with Crippen LogP contribution in [0.4, 0.5) is 0 Å². The number of halogens is 2. The number of hydrogen-bond acceptors (Lipinski definition) is 2. The molecule has 0 aliphatic rings. The van der Waals surface area contributed by atoms with Crippen molar-refractivity contribution in [1.82, 2.24) is 5.32 Å². The summed E-state index contributed by atoms with van der Waals surface area (Å²) in [6.45, 7) is 2.07. The topological polar surface area (TPSA) is 21.3 Å². The molecule has 2 nitrogen and oxygen atoms in total. The summed E-state index contributed by atoms with van der Waals surface area (Å²) in [6, 6.07) is 11.9. The van der Waals surface area contributed by atoms with Crippen LogP contribution in [-0.4, -0.2) is 14.2 Å². The van der Waals surface area contributed by atoms with Crippen LogP contribution in [-0.2, 0) is 0 Å². The van der Waals surface area contributed by atoms with Gasteiger partial charge >= 0.3 is 0 Å². The quantitative estimate of drug-likeness (QED) is 0.890. The highest BCUT2D eigenvalue weighted by Crippen LogP contribution is 2.36. The van der Waals surface area contributed by atoms with Gasteiger partial charge in [0.15, 0.2) is 0 Å². The molecule has 0 radical (unpaired) electrons. The van der Waals surface area contributed by atoms with Crippen molar-refractivity contribution in [2.75, 3.05) is 14.2 Å². The molecule has 1 N–H and O–H groups in total. The molecule has 2 aromatic carbocycles. The van der Waals surface area contributed by atoms with Crippen LogP contribution in [0, 0.1) is 6.92 Å². The van der Waals surface area contributed by atoms with Crippen LogP contribution in [0.2, 0.25) is 10.0 Å². The molecule has 1 unspecified atom stereocenters. The Kier molecular flexibility index (Phi) is 4.92. The Hall–Kier alpha value is -1.22. The van der Waals surface area contributed by atoms with Crippen LogP contribution < -0.4 is 10.1 Å². The Morgan fingerprint density at radius 1 is 1.10 bits per heavy atom. The fourth-order valence-corrected chi connectivity index (χ4v) is 2.79. The van der Waals surface area contributed by atoms with E-state index in [4.69, 9.17) is 27.9 Å². The predicted octanol–water partition coefficient (Wildman–Crippen LogP) is 4.62. The third-order valence-corrected chi connectivity index (χ3v) is 3.87.